The van der Waals surface area contributed by atoms with E-state index in [0.29, 0.717) is 12.5 Å². The Hall–Kier alpha value is -0.440. The molecule has 0 radical (unpaired) electrons. The number of halogens is 2. The summed E-state index contributed by atoms with van der Waals surface area (Å²) in [6.07, 6.45) is 0. The third-order valence-corrected chi connectivity index (χ3v) is 3.16. The molecule has 0 aromatic heterocycles. The van der Waals surface area contributed by atoms with Gasteiger partial charge in [0, 0.05) is 36.8 Å². The molecule has 0 aliphatic rings. The lowest BCUT2D eigenvalue weighted by Crippen LogP contribution is -2.33. The molecule has 1 atom stereocenters. The van der Waals surface area contributed by atoms with Crippen molar-refractivity contribution in [3.8, 4) is 0 Å². The molecule has 1 unspecified atom stereocenters. The number of alkyl halides is 1. The number of hydrogen-bond acceptors (Lipinski definition) is 2. The van der Waals surface area contributed by atoms with Crippen LogP contribution in [-0.4, -0.2) is 26.8 Å². The van der Waals surface area contributed by atoms with Gasteiger partial charge in [0.15, 0.2) is 0 Å². The fraction of sp³-hybridized carbons (Fsp3) is 0.500. The lowest BCUT2D eigenvalue weighted by molar-refractivity contribution is 0.183. The summed E-state index contributed by atoms with van der Waals surface area (Å²) in [6.45, 7) is 2.77. The minimum Gasteiger partial charge on any atom is -0.383 e. The molecule has 0 spiro atoms. The van der Waals surface area contributed by atoms with E-state index in [1.54, 1.807) is 7.11 Å². The van der Waals surface area contributed by atoms with E-state index in [1.807, 2.05) is 25.2 Å². The van der Waals surface area contributed by atoms with E-state index < -0.39 is 0 Å². The fourth-order valence-corrected chi connectivity index (χ4v) is 1.96. The van der Waals surface area contributed by atoms with Crippen LogP contribution in [0.4, 0.5) is 5.69 Å². The first-order valence-corrected chi connectivity index (χ1v) is 6.07. The van der Waals surface area contributed by atoms with Gasteiger partial charge in [-0.1, -0.05) is 17.7 Å². The van der Waals surface area contributed by atoms with Gasteiger partial charge in [-0.25, -0.2) is 0 Å². The average Bonchev–Trinajstić information content (AvgIpc) is 2.28. The van der Waals surface area contributed by atoms with Crippen molar-refractivity contribution in [2.24, 2.45) is 0 Å². The van der Waals surface area contributed by atoms with Gasteiger partial charge in [0.25, 0.3) is 0 Å². The van der Waals surface area contributed by atoms with Crippen LogP contribution in [0.5, 0.6) is 0 Å². The van der Waals surface area contributed by atoms with E-state index in [0.717, 1.165) is 16.3 Å². The van der Waals surface area contributed by atoms with Crippen LogP contribution in [-0.2, 0) is 10.6 Å². The van der Waals surface area contributed by atoms with Crippen molar-refractivity contribution in [3.05, 3.63) is 28.8 Å². The van der Waals surface area contributed by atoms with Gasteiger partial charge >= 0.3 is 0 Å². The Labute approximate surface area is 107 Å². The summed E-state index contributed by atoms with van der Waals surface area (Å²) in [5, 5.41) is 0.723. The van der Waals surface area contributed by atoms with Crippen molar-refractivity contribution in [2.45, 2.75) is 18.8 Å². The van der Waals surface area contributed by atoms with Crippen LogP contribution in [0.15, 0.2) is 18.2 Å². The molecular formula is C12H17Cl2NO. The quantitative estimate of drug-likeness (QED) is 0.752. The molecule has 0 bridgehead atoms. The Bertz CT molecular complexity index is 344. The molecule has 0 amide bonds. The maximum absolute atomic E-state index is 6.00. The summed E-state index contributed by atoms with van der Waals surface area (Å²) >= 11 is 11.9. The highest BCUT2D eigenvalue weighted by atomic mass is 35.5. The molecule has 2 nitrogen and oxygen atoms in total. The predicted octanol–water partition coefficient (Wildman–Crippen LogP) is 3.55. The first-order chi connectivity index (χ1) is 7.60. The van der Waals surface area contributed by atoms with Crippen LogP contribution in [0, 0.1) is 0 Å². The molecule has 1 aromatic rings. The molecule has 16 heavy (non-hydrogen) atoms. The summed E-state index contributed by atoms with van der Waals surface area (Å²) in [6, 6.07) is 6.04. The number of hydrogen-bond donors (Lipinski definition) is 0. The second kappa shape index (κ2) is 6.33. The van der Waals surface area contributed by atoms with E-state index >= 15 is 0 Å². The molecular weight excluding hydrogens is 245 g/mol. The number of nitrogens with zero attached hydrogens (tertiary/aromatic N) is 1. The largest absolute Gasteiger partial charge is 0.383 e. The van der Waals surface area contributed by atoms with Crippen molar-refractivity contribution in [2.75, 3.05) is 25.7 Å². The Morgan fingerprint density at radius 3 is 2.69 bits per heavy atom. The van der Waals surface area contributed by atoms with E-state index in [4.69, 9.17) is 27.9 Å². The summed E-state index contributed by atoms with van der Waals surface area (Å²) < 4.78 is 5.14. The third kappa shape index (κ3) is 3.27. The van der Waals surface area contributed by atoms with Crippen LogP contribution >= 0.6 is 23.2 Å². The van der Waals surface area contributed by atoms with E-state index in [-0.39, 0.29) is 6.04 Å². The van der Waals surface area contributed by atoms with Crippen LogP contribution in [0.1, 0.15) is 12.5 Å². The molecule has 90 valence electrons. The van der Waals surface area contributed by atoms with E-state index in [2.05, 4.69) is 11.8 Å². The van der Waals surface area contributed by atoms with Crippen molar-refractivity contribution in [1.29, 1.82) is 0 Å². The normalized spacial score (nSPS) is 12.6. The smallest absolute Gasteiger partial charge is 0.0663 e. The van der Waals surface area contributed by atoms with Crippen molar-refractivity contribution >= 4 is 28.9 Å². The van der Waals surface area contributed by atoms with Gasteiger partial charge in [0.05, 0.1) is 6.61 Å². The standard InChI is InChI=1S/C12H17Cl2NO/c1-9(8-16-3)15(2)12-6-11(14)5-4-10(12)7-13/h4-6,9H,7-8H2,1-3H3. The Morgan fingerprint density at radius 1 is 1.44 bits per heavy atom. The molecule has 0 N–H and O–H groups in total. The highest BCUT2D eigenvalue weighted by Gasteiger charge is 2.13. The summed E-state index contributed by atoms with van der Waals surface area (Å²) in [4.78, 5) is 2.13. The van der Waals surface area contributed by atoms with Crippen molar-refractivity contribution in [3.63, 3.8) is 0 Å². The Balaban J connectivity index is 2.96. The SMILES string of the molecule is COCC(C)N(C)c1cc(Cl)ccc1CCl. The zero-order valence-corrected chi connectivity index (χ0v) is 11.3. The van der Waals surface area contributed by atoms with E-state index in [9.17, 15) is 0 Å². The zero-order valence-electron chi connectivity index (χ0n) is 9.84. The lowest BCUT2D eigenvalue weighted by Gasteiger charge is -2.28. The average molecular weight is 262 g/mol. The van der Waals surface area contributed by atoms with Gasteiger partial charge in [-0.2, -0.15) is 0 Å². The minimum absolute atomic E-state index is 0.283. The maximum atomic E-state index is 6.00. The van der Waals surface area contributed by atoms with Crippen LogP contribution in [0.25, 0.3) is 0 Å². The highest BCUT2D eigenvalue weighted by molar-refractivity contribution is 6.31. The van der Waals surface area contributed by atoms with Gasteiger partial charge in [0.1, 0.15) is 0 Å². The number of benzene rings is 1. The van der Waals surface area contributed by atoms with Gasteiger partial charge < -0.3 is 9.64 Å². The number of methoxy groups -OCH3 is 1. The molecule has 0 aliphatic heterocycles. The van der Waals surface area contributed by atoms with Gasteiger partial charge in [-0.15, -0.1) is 11.6 Å². The van der Waals surface area contributed by atoms with Crippen LogP contribution in [0.3, 0.4) is 0 Å². The highest BCUT2D eigenvalue weighted by Crippen LogP contribution is 2.26. The van der Waals surface area contributed by atoms with Gasteiger partial charge in [-0.3, -0.25) is 0 Å². The zero-order chi connectivity index (χ0) is 12.1. The first-order valence-electron chi connectivity index (χ1n) is 5.16. The Kier molecular flexibility index (Phi) is 5.39. The number of ether oxygens (including phenoxy) is 1. The molecule has 4 heteroatoms. The minimum atomic E-state index is 0.283. The lowest BCUT2D eigenvalue weighted by atomic mass is 10.1. The molecule has 1 rings (SSSR count). The van der Waals surface area contributed by atoms with Crippen LogP contribution in [0.2, 0.25) is 5.02 Å². The predicted molar refractivity (Wildman–Crippen MR) is 70.8 cm³/mol. The molecule has 0 aliphatic carbocycles. The summed E-state index contributed by atoms with van der Waals surface area (Å²) in [7, 11) is 3.72. The number of likely N-dealkylation sites (N-methyl/N-ethyl adjacent to an activating group) is 1. The topological polar surface area (TPSA) is 12.5 Å². The molecule has 1 aromatic carbocycles. The molecule has 0 heterocycles. The molecule has 0 saturated carbocycles. The number of anilines is 1. The maximum Gasteiger partial charge on any atom is 0.0663 e. The summed E-state index contributed by atoms with van der Waals surface area (Å²) in [5.41, 5.74) is 2.14. The fourth-order valence-electron chi connectivity index (χ4n) is 1.57. The molecule has 0 fully saturated rings. The second-order valence-electron chi connectivity index (χ2n) is 3.82. The van der Waals surface area contributed by atoms with Gasteiger partial charge in [0.2, 0.25) is 0 Å². The van der Waals surface area contributed by atoms with Crippen molar-refractivity contribution < 1.29 is 4.74 Å². The van der Waals surface area contributed by atoms with Crippen LogP contribution < -0.4 is 4.90 Å². The summed E-state index contributed by atoms with van der Waals surface area (Å²) in [5.74, 6) is 0.483. The van der Waals surface area contributed by atoms with Crippen molar-refractivity contribution in [1.82, 2.24) is 0 Å². The Morgan fingerprint density at radius 2 is 2.12 bits per heavy atom. The first kappa shape index (κ1) is 13.6. The second-order valence-corrected chi connectivity index (χ2v) is 4.53. The third-order valence-electron chi connectivity index (χ3n) is 2.64. The number of rotatable bonds is 5. The van der Waals surface area contributed by atoms with E-state index in [1.165, 1.54) is 0 Å². The van der Waals surface area contributed by atoms with Gasteiger partial charge in [-0.05, 0) is 24.6 Å². The molecule has 0 saturated heterocycles. The monoisotopic (exact) mass is 261 g/mol.